The number of benzene rings is 1. The van der Waals surface area contributed by atoms with E-state index in [0.29, 0.717) is 16.9 Å². The summed E-state index contributed by atoms with van der Waals surface area (Å²) < 4.78 is 18.7. The molecule has 9 atom stereocenters. The Morgan fingerprint density at radius 3 is 2.58 bits per heavy atom. The van der Waals surface area contributed by atoms with Crippen LogP contribution in [0, 0.1) is 52.7 Å². The minimum absolute atomic E-state index is 0.0726. The molecule has 3 nitrogen and oxygen atoms in total. The number of amides is 1. The molecule has 33 heavy (non-hydrogen) atoms. The number of carbonyl (C=O) groups is 1. The SMILES string of the molecule is COC[C@H]1CC[C@@H]2C3CC[C@@]4(C)C(CCC4[C@H](C)NC(=O)c4ccc(F)cc4)[C@@H]3CC[C@@H]2C1. The van der Waals surface area contributed by atoms with E-state index in [1.807, 2.05) is 7.11 Å². The molecular formula is C29H42FNO2. The summed E-state index contributed by atoms with van der Waals surface area (Å²) in [6.45, 7) is 5.68. The van der Waals surface area contributed by atoms with Gasteiger partial charge in [-0.3, -0.25) is 4.79 Å². The standard InChI is InChI=1S/C29H42FNO2/c1-18(31-28(32)20-5-8-22(30)9-6-20)26-12-13-27-25-11-7-21-16-19(17-33-3)4-10-23(21)24(25)14-15-29(26,27)2/h5-6,8-9,18-19,21,23-27H,4,7,10-17H2,1-3H3,(H,31,32)/t18-,19-,21+,23-,24?,25+,26?,27?,29+/m0/s1. The molecule has 0 aromatic heterocycles. The average Bonchev–Trinajstić information content (AvgIpc) is 3.16. The molecule has 0 aliphatic heterocycles. The third-order valence-corrected chi connectivity index (χ3v) is 10.6. The first-order valence-electron chi connectivity index (χ1n) is 13.5. The average molecular weight is 456 g/mol. The van der Waals surface area contributed by atoms with Crippen molar-refractivity contribution >= 4 is 5.91 Å². The maximum atomic E-state index is 13.3. The minimum atomic E-state index is -0.301. The molecule has 4 aliphatic rings. The van der Waals surface area contributed by atoms with Gasteiger partial charge >= 0.3 is 0 Å². The van der Waals surface area contributed by atoms with Gasteiger partial charge in [-0.2, -0.15) is 0 Å². The number of halogens is 1. The first-order valence-corrected chi connectivity index (χ1v) is 13.5. The van der Waals surface area contributed by atoms with Gasteiger partial charge in [0.2, 0.25) is 0 Å². The molecule has 0 radical (unpaired) electrons. The van der Waals surface area contributed by atoms with Crippen molar-refractivity contribution in [1.29, 1.82) is 0 Å². The van der Waals surface area contributed by atoms with Crippen molar-refractivity contribution in [3.05, 3.63) is 35.6 Å². The molecule has 3 unspecified atom stereocenters. The Kier molecular flexibility index (Phi) is 6.59. The fourth-order valence-electron chi connectivity index (χ4n) is 9.19. The van der Waals surface area contributed by atoms with Crippen LogP contribution in [0.1, 0.15) is 82.0 Å². The predicted molar refractivity (Wildman–Crippen MR) is 129 cm³/mol. The van der Waals surface area contributed by atoms with E-state index >= 15 is 0 Å². The predicted octanol–water partition coefficient (Wildman–Crippen LogP) is 6.48. The molecule has 182 valence electrons. The normalized spacial score (nSPS) is 40.9. The molecule has 0 heterocycles. The van der Waals surface area contributed by atoms with Gasteiger partial charge in [-0.15, -0.1) is 0 Å². The lowest BCUT2D eigenvalue weighted by molar-refractivity contribution is -0.0742. The molecule has 5 rings (SSSR count). The second-order valence-electron chi connectivity index (χ2n) is 12.1. The highest BCUT2D eigenvalue weighted by Gasteiger charge is 2.57. The summed E-state index contributed by atoms with van der Waals surface area (Å²) in [4.78, 5) is 12.8. The Morgan fingerprint density at radius 1 is 1.06 bits per heavy atom. The quantitative estimate of drug-likeness (QED) is 0.552. The molecule has 4 heteroatoms. The van der Waals surface area contributed by atoms with Crippen molar-refractivity contribution in [3.63, 3.8) is 0 Å². The number of rotatable bonds is 5. The Bertz CT molecular complexity index is 841. The zero-order chi connectivity index (χ0) is 23.2. The van der Waals surface area contributed by atoms with Gasteiger partial charge in [0.05, 0.1) is 0 Å². The number of carbonyl (C=O) groups excluding carboxylic acids is 1. The number of methoxy groups -OCH3 is 1. The van der Waals surface area contributed by atoms with Crippen LogP contribution in [0.2, 0.25) is 0 Å². The highest BCUT2D eigenvalue weighted by atomic mass is 19.1. The van der Waals surface area contributed by atoms with Crippen LogP contribution >= 0.6 is 0 Å². The van der Waals surface area contributed by atoms with Crippen LogP contribution in [0.3, 0.4) is 0 Å². The van der Waals surface area contributed by atoms with Crippen molar-refractivity contribution < 1.29 is 13.9 Å². The van der Waals surface area contributed by atoms with Crippen LogP contribution in [0.25, 0.3) is 0 Å². The van der Waals surface area contributed by atoms with E-state index in [-0.39, 0.29) is 17.8 Å². The van der Waals surface area contributed by atoms with Gasteiger partial charge in [-0.25, -0.2) is 4.39 Å². The van der Waals surface area contributed by atoms with E-state index in [2.05, 4.69) is 19.2 Å². The molecule has 0 bridgehead atoms. The van der Waals surface area contributed by atoms with E-state index in [0.717, 1.165) is 42.1 Å². The van der Waals surface area contributed by atoms with E-state index in [1.54, 1.807) is 12.1 Å². The van der Waals surface area contributed by atoms with Gasteiger partial charge in [-0.05, 0) is 136 Å². The van der Waals surface area contributed by atoms with Crippen molar-refractivity contribution in [1.82, 2.24) is 5.32 Å². The second kappa shape index (κ2) is 9.32. The zero-order valence-electron chi connectivity index (χ0n) is 20.7. The van der Waals surface area contributed by atoms with Crippen molar-refractivity contribution in [2.24, 2.45) is 46.8 Å². The van der Waals surface area contributed by atoms with Gasteiger partial charge in [-0.1, -0.05) is 6.92 Å². The maximum Gasteiger partial charge on any atom is 0.251 e. The fourth-order valence-corrected chi connectivity index (χ4v) is 9.19. The third kappa shape index (κ3) is 4.26. The Labute approximate surface area is 199 Å². The number of hydrogen-bond donors (Lipinski definition) is 1. The zero-order valence-corrected chi connectivity index (χ0v) is 20.7. The van der Waals surface area contributed by atoms with Gasteiger partial charge in [0, 0.05) is 25.3 Å². The molecule has 1 aromatic carbocycles. The summed E-state index contributed by atoms with van der Waals surface area (Å²) in [5, 5.41) is 3.28. The Balaban J connectivity index is 1.25. The molecule has 1 aromatic rings. The van der Waals surface area contributed by atoms with Crippen LogP contribution in [0.4, 0.5) is 4.39 Å². The summed E-state index contributed by atoms with van der Waals surface area (Å²) in [7, 11) is 1.85. The van der Waals surface area contributed by atoms with E-state index in [9.17, 15) is 9.18 Å². The van der Waals surface area contributed by atoms with Gasteiger partial charge in [0.1, 0.15) is 5.82 Å². The first kappa shape index (κ1) is 23.3. The monoisotopic (exact) mass is 455 g/mol. The number of hydrogen-bond acceptors (Lipinski definition) is 2. The van der Waals surface area contributed by atoms with Gasteiger partial charge in [0.25, 0.3) is 5.91 Å². The first-order chi connectivity index (χ1) is 15.9. The highest BCUT2D eigenvalue weighted by Crippen LogP contribution is 2.64. The van der Waals surface area contributed by atoms with Crippen LogP contribution in [-0.2, 0) is 4.74 Å². The van der Waals surface area contributed by atoms with Gasteiger partial charge in [0.15, 0.2) is 0 Å². The van der Waals surface area contributed by atoms with Crippen molar-refractivity contribution in [2.45, 2.75) is 77.7 Å². The molecule has 4 saturated carbocycles. The van der Waals surface area contributed by atoms with Crippen LogP contribution in [-0.4, -0.2) is 25.7 Å². The minimum Gasteiger partial charge on any atom is -0.384 e. The second-order valence-corrected chi connectivity index (χ2v) is 12.1. The largest absolute Gasteiger partial charge is 0.384 e. The lowest BCUT2D eigenvalue weighted by atomic mass is 9.49. The summed E-state index contributed by atoms with van der Waals surface area (Å²) in [5.41, 5.74) is 0.880. The summed E-state index contributed by atoms with van der Waals surface area (Å²) >= 11 is 0. The lowest BCUT2D eigenvalue weighted by Crippen LogP contribution is -2.51. The summed E-state index contributed by atoms with van der Waals surface area (Å²) in [6, 6.07) is 6.05. The molecular weight excluding hydrogens is 413 g/mol. The Hall–Kier alpha value is -1.42. The van der Waals surface area contributed by atoms with E-state index < -0.39 is 0 Å². The number of ether oxygens (including phenoxy) is 1. The fraction of sp³-hybridized carbons (Fsp3) is 0.759. The molecule has 4 fully saturated rings. The smallest absolute Gasteiger partial charge is 0.251 e. The maximum absolute atomic E-state index is 13.3. The molecule has 0 saturated heterocycles. The molecule has 0 spiro atoms. The van der Waals surface area contributed by atoms with Crippen LogP contribution in [0.5, 0.6) is 0 Å². The van der Waals surface area contributed by atoms with E-state index in [4.69, 9.17) is 4.74 Å². The Morgan fingerprint density at radius 2 is 1.82 bits per heavy atom. The molecule has 1 amide bonds. The summed E-state index contributed by atoms with van der Waals surface area (Å²) in [6.07, 6.45) is 12.2. The number of nitrogens with one attached hydrogen (secondary N) is 1. The van der Waals surface area contributed by atoms with Crippen LogP contribution in [0.15, 0.2) is 24.3 Å². The molecule has 4 aliphatic carbocycles. The third-order valence-electron chi connectivity index (χ3n) is 10.6. The highest BCUT2D eigenvalue weighted by molar-refractivity contribution is 5.94. The number of fused-ring (bicyclic) bond motifs is 5. The summed E-state index contributed by atoms with van der Waals surface area (Å²) in [5.74, 6) is 5.42. The molecule has 1 N–H and O–H groups in total. The lowest BCUT2D eigenvalue weighted by Gasteiger charge is -2.56. The van der Waals surface area contributed by atoms with Crippen molar-refractivity contribution in [3.8, 4) is 0 Å². The van der Waals surface area contributed by atoms with E-state index in [1.165, 1.54) is 69.9 Å². The topological polar surface area (TPSA) is 38.3 Å². The van der Waals surface area contributed by atoms with Crippen molar-refractivity contribution in [2.75, 3.05) is 13.7 Å². The van der Waals surface area contributed by atoms with Crippen LogP contribution < -0.4 is 5.32 Å². The van der Waals surface area contributed by atoms with Gasteiger partial charge < -0.3 is 10.1 Å².